The maximum Gasteiger partial charge on any atom is 0.411 e. The second-order valence-corrected chi connectivity index (χ2v) is 9.20. The zero-order valence-corrected chi connectivity index (χ0v) is 21.0. The van der Waals surface area contributed by atoms with Crippen LogP contribution < -0.4 is 10.6 Å². The highest BCUT2D eigenvalue weighted by molar-refractivity contribution is 6.35. The molecule has 0 radical (unpaired) electrons. The van der Waals surface area contributed by atoms with E-state index in [0.717, 1.165) is 28.8 Å². The van der Waals surface area contributed by atoms with Crippen LogP contribution in [0.3, 0.4) is 0 Å². The van der Waals surface area contributed by atoms with Crippen molar-refractivity contribution in [2.45, 2.75) is 19.5 Å². The van der Waals surface area contributed by atoms with Crippen molar-refractivity contribution in [2.24, 2.45) is 5.73 Å². The van der Waals surface area contributed by atoms with Gasteiger partial charge in [0, 0.05) is 49.4 Å². The molecule has 9 heteroatoms. The SMILES string of the molecule is CCCOC(=O)N1CCN(C(=O)c2ccc3c(Cl)cc(-c4cccc(N(C)C)c4)nc3c2)C[C@H]1N. The topological polar surface area (TPSA) is 92.0 Å². The predicted octanol–water partition coefficient (Wildman–Crippen LogP) is 4.21. The summed E-state index contributed by atoms with van der Waals surface area (Å²) < 4.78 is 5.19. The first-order valence-corrected chi connectivity index (χ1v) is 12.0. The number of anilines is 1. The van der Waals surface area contributed by atoms with E-state index in [1.165, 1.54) is 4.90 Å². The Labute approximate surface area is 210 Å². The van der Waals surface area contributed by atoms with Gasteiger partial charge in [0.1, 0.15) is 6.17 Å². The lowest BCUT2D eigenvalue weighted by molar-refractivity contribution is 0.0390. The fourth-order valence-electron chi connectivity index (χ4n) is 4.09. The van der Waals surface area contributed by atoms with Crippen LogP contribution >= 0.6 is 11.6 Å². The van der Waals surface area contributed by atoms with Crippen molar-refractivity contribution in [1.29, 1.82) is 0 Å². The number of hydrogen-bond donors (Lipinski definition) is 1. The van der Waals surface area contributed by atoms with Crippen LogP contribution in [0.1, 0.15) is 23.7 Å². The van der Waals surface area contributed by atoms with Crippen molar-refractivity contribution in [1.82, 2.24) is 14.8 Å². The number of carbonyl (C=O) groups excluding carboxylic acids is 2. The van der Waals surface area contributed by atoms with Crippen LogP contribution in [0.5, 0.6) is 0 Å². The van der Waals surface area contributed by atoms with Crippen molar-refractivity contribution < 1.29 is 14.3 Å². The monoisotopic (exact) mass is 495 g/mol. The number of nitrogens with two attached hydrogens (primary N) is 1. The summed E-state index contributed by atoms with van der Waals surface area (Å²) in [5, 5.41) is 1.34. The summed E-state index contributed by atoms with van der Waals surface area (Å²) >= 11 is 6.58. The zero-order valence-electron chi connectivity index (χ0n) is 20.2. The smallest absolute Gasteiger partial charge is 0.411 e. The van der Waals surface area contributed by atoms with E-state index < -0.39 is 12.3 Å². The minimum atomic E-state index is -0.624. The second kappa shape index (κ2) is 10.5. The molecule has 1 aliphatic heterocycles. The summed E-state index contributed by atoms with van der Waals surface area (Å²) in [5.74, 6) is -0.165. The lowest BCUT2D eigenvalue weighted by Gasteiger charge is -2.38. The summed E-state index contributed by atoms with van der Waals surface area (Å²) in [7, 11) is 3.97. The molecule has 8 nitrogen and oxygen atoms in total. The molecule has 2 amide bonds. The zero-order chi connectivity index (χ0) is 25.1. The molecule has 0 bridgehead atoms. The number of nitrogens with zero attached hydrogens (tertiary/aromatic N) is 4. The maximum atomic E-state index is 13.3. The number of fused-ring (bicyclic) bond motifs is 1. The molecule has 2 heterocycles. The van der Waals surface area contributed by atoms with Crippen molar-refractivity contribution in [3.63, 3.8) is 0 Å². The van der Waals surface area contributed by atoms with Gasteiger partial charge in [0.2, 0.25) is 0 Å². The van der Waals surface area contributed by atoms with Crippen LogP contribution in [0.2, 0.25) is 5.02 Å². The Bertz CT molecular complexity index is 1250. The number of rotatable bonds is 5. The average molecular weight is 496 g/mol. The number of carbonyl (C=O) groups is 2. The Hall–Kier alpha value is -3.36. The highest BCUT2D eigenvalue weighted by Gasteiger charge is 2.31. The van der Waals surface area contributed by atoms with Gasteiger partial charge in [-0.3, -0.25) is 9.69 Å². The third kappa shape index (κ3) is 5.33. The van der Waals surface area contributed by atoms with E-state index in [1.807, 2.05) is 62.3 Å². The Morgan fingerprint density at radius 2 is 1.97 bits per heavy atom. The molecule has 0 saturated carbocycles. The summed E-state index contributed by atoms with van der Waals surface area (Å²) in [6.07, 6.45) is -0.329. The van der Waals surface area contributed by atoms with Gasteiger partial charge < -0.3 is 20.3 Å². The number of aromatic nitrogens is 1. The van der Waals surface area contributed by atoms with Gasteiger partial charge in [0.25, 0.3) is 5.91 Å². The fraction of sp³-hybridized carbons (Fsp3) is 0.346. The van der Waals surface area contributed by atoms with E-state index in [9.17, 15) is 9.59 Å². The normalized spacial score (nSPS) is 15.9. The van der Waals surface area contributed by atoms with E-state index in [0.29, 0.717) is 35.8 Å². The van der Waals surface area contributed by atoms with Gasteiger partial charge in [-0.05, 0) is 36.8 Å². The second-order valence-electron chi connectivity index (χ2n) is 8.79. The van der Waals surface area contributed by atoms with E-state index >= 15 is 0 Å². The first-order chi connectivity index (χ1) is 16.8. The number of hydrogen-bond acceptors (Lipinski definition) is 6. The fourth-order valence-corrected chi connectivity index (χ4v) is 4.35. The lowest BCUT2D eigenvalue weighted by atomic mass is 10.1. The van der Waals surface area contributed by atoms with E-state index in [-0.39, 0.29) is 12.5 Å². The molecule has 1 aliphatic rings. The minimum absolute atomic E-state index is 0.165. The van der Waals surface area contributed by atoms with Gasteiger partial charge in [-0.25, -0.2) is 9.78 Å². The molecule has 184 valence electrons. The van der Waals surface area contributed by atoms with Crippen molar-refractivity contribution >= 4 is 40.2 Å². The van der Waals surface area contributed by atoms with Crippen molar-refractivity contribution in [2.75, 3.05) is 45.2 Å². The number of benzene rings is 2. The molecule has 0 aliphatic carbocycles. The van der Waals surface area contributed by atoms with Gasteiger partial charge >= 0.3 is 6.09 Å². The van der Waals surface area contributed by atoms with Gasteiger partial charge in [-0.15, -0.1) is 0 Å². The maximum absolute atomic E-state index is 13.3. The van der Waals surface area contributed by atoms with Crippen molar-refractivity contribution in [3.8, 4) is 11.3 Å². The van der Waals surface area contributed by atoms with Gasteiger partial charge in [-0.1, -0.05) is 36.7 Å². The summed E-state index contributed by atoms with van der Waals surface area (Å²) in [4.78, 5) is 35.4. The van der Waals surface area contributed by atoms with Crippen LogP contribution in [0.25, 0.3) is 22.2 Å². The standard InChI is InChI=1S/C26H30ClN5O3/c1-4-12-35-26(34)32-11-10-31(16-24(32)28)25(33)18-8-9-20-21(27)15-22(29-23(20)14-18)17-6-5-7-19(13-17)30(2)3/h5-9,13-15,24H,4,10-12,16,28H2,1-3H3/t24-/m0/s1. The molecule has 0 unspecified atom stereocenters. The van der Waals surface area contributed by atoms with Crippen LogP contribution in [0, 0.1) is 0 Å². The first-order valence-electron chi connectivity index (χ1n) is 11.6. The lowest BCUT2D eigenvalue weighted by Crippen LogP contribution is -2.60. The molecule has 4 rings (SSSR count). The van der Waals surface area contributed by atoms with Gasteiger partial charge in [0.15, 0.2) is 0 Å². The Kier molecular flexibility index (Phi) is 7.42. The van der Waals surface area contributed by atoms with E-state index in [1.54, 1.807) is 17.0 Å². The number of pyridine rings is 1. The molecule has 1 saturated heterocycles. The molecule has 0 spiro atoms. The van der Waals surface area contributed by atoms with Crippen molar-refractivity contribution in [3.05, 3.63) is 59.1 Å². The summed E-state index contributed by atoms with van der Waals surface area (Å²) in [5.41, 5.74) is 10.0. The Morgan fingerprint density at radius 3 is 2.69 bits per heavy atom. The molecule has 1 fully saturated rings. The minimum Gasteiger partial charge on any atom is -0.449 e. The molecule has 2 aromatic carbocycles. The molecular weight excluding hydrogens is 466 g/mol. The molecule has 1 aromatic heterocycles. The third-order valence-corrected chi connectivity index (χ3v) is 6.35. The molecular formula is C26H30ClN5O3. The highest BCUT2D eigenvalue weighted by atomic mass is 35.5. The number of piperazine rings is 1. The highest BCUT2D eigenvalue weighted by Crippen LogP contribution is 2.30. The Morgan fingerprint density at radius 1 is 1.17 bits per heavy atom. The molecule has 1 atom stereocenters. The van der Waals surface area contributed by atoms with Gasteiger partial charge in [0.05, 0.1) is 29.4 Å². The van der Waals surface area contributed by atoms with Crippen LogP contribution in [0.15, 0.2) is 48.5 Å². The number of halogens is 1. The predicted molar refractivity (Wildman–Crippen MR) is 139 cm³/mol. The van der Waals surface area contributed by atoms with Gasteiger partial charge in [-0.2, -0.15) is 0 Å². The molecule has 2 N–H and O–H groups in total. The first kappa shape index (κ1) is 24.8. The summed E-state index contributed by atoms with van der Waals surface area (Å²) in [6, 6.07) is 15.2. The third-order valence-electron chi connectivity index (χ3n) is 6.03. The molecule has 35 heavy (non-hydrogen) atoms. The number of ether oxygens (including phenoxy) is 1. The Balaban J connectivity index is 1.57. The van der Waals surface area contributed by atoms with Crippen LogP contribution in [0.4, 0.5) is 10.5 Å². The molecule has 3 aromatic rings. The largest absolute Gasteiger partial charge is 0.449 e. The van der Waals surface area contributed by atoms with E-state index in [2.05, 4.69) is 0 Å². The summed E-state index contributed by atoms with van der Waals surface area (Å²) in [6.45, 7) is 3.19. The average Bonchev–Trinajstić information content (AvgIpc) is 2.86. The van der Waals surface area contributed by atoms with Crippen LogP contribution in [-0.2, 0) is 4.74 Å². The quantitative estimate of drug-likeness (QED) is 0.570. The van der Waals surface area contributed by atoms with E-state index in [4.69, 9.17) is 27.1 Å². The number of amides is 2. The van der Waals surface area contributed by atoms with Crippen LogP contribution in [-0.4, -0.2) is 73.3 Å².